The highest BCUT2D eigenvalue weighted by atomic mass is 127. The van der Waals surface area contributed by atoms with E-state index in [0.29, 0.717) is 0 Å². The van der Waals surface area contributed by atoms with Gasteiger partial charge in [-0.3, -0.25) is 14.4 Å². The van der Waals surface area contributed by atoms with E-state index in [-0.39, 0.29) is 6.47 Å². The fourth-order valence-electron chi connectivity index (χ4n) is 1.06. The molecule has 0 aliphatic carbocycles. The Balaban J connectivity index is 4.98. The van der Waals surface area contributed by atoms with Crippen molar-refractivity contribution in [3.8, 4) is 0 Å². The highest BCUT2D eigenvalue weighted by Gasteiger charge is 2.44. The van der Waals surface area contributed by atoms with Crippen LogP contribution >= 0.6 is 38.5 Å². The Kier molecular flexibility index (Phi) is 7.67. The lowest BCUT2D eigenvalue weighted by atomic mass is 10.2. The van der Waals surface area contributed by atoms with Crippen LogP contribution in [0.15, 0.2) is 0 Å². The maximum atomic E-state index is 13.8. The minimum atomic E-state index is -2.18. The van der Waals surface area contributed by atoms with Gasteiger partial charge in [0.05, 0.1) is 0 Å². The number of alkyl halides is 3. The number of carbonyl (C=O) groups excluding carboxylic acids is 3. The molecular formula is C9H11BrFIO6. The van der Waals surface area contributed by atoms with Crippen molar-refractivity contribution in [1.82, 2.24) is 0 Å². The predicted molar refractivity (Wildman–Crippen MR) is 69.9 cm³/mol. The Morgan fingerprint density at radius 1 is 1.39 bits per heavy atom. The SMILES string of the molecule is CC(=O)O[C@@H](COC=O)[C@H](OC(C)=O)C(F)(Br)I. The summed E-state index contributed by atoms with van der Waals surface area (Å²) in [5.74, 6) is -1.49. The van der Waals surface area contributed by atoms with Crippen LogP contribution in [-0.2, 0) is 28.6 Å². The van der Waals surface area contributed by atoms with E-state index in [1.54, 1.807) is 0 Å². The van der Waals surface area contributed by atoms with E-state index < -0.39 is 33.3 Å². The summed E-state index contributed by atoms with van der Waals surface area (Å²) in [7, 11) is 0. The van der Waals surface area contributed by atoms with Gasteiger partial charge in [-0.15, -0.1) is 0 Å². The van der Waals surface area contributed by atoms with Gasteiger partial charge in [-0.05, 0) is 38.5 Å². The van der Waals surface area contributed by atoms with E-state index in [4.69, 9.17) is 9.47 Å². The summed E-state index contributed by atoms with van der Waals surface area (Å²) in [6.07, 6.45) is -2.71. The fraction of sp³-hybridized carbons (Fsp3) is 0.667. The molecule has 0 bridgehead atoms. The van der Waals surface area contributed by atoms with Crippen molar-refractivity contribution in [3.05, 3.63) is 0 Å². The highest BCUT2D eigenvalue weighted by molar-refractivity contribution is 14.1. The van der Waals surface area contributed by atoms with Gasteiger partial charge in [0.2, 0.25) is 0 Å². The number of ether oxygens (including phenoxy) is 3. The Labute approximate surface area is 125 Å². The molecule has 1 unspecified atom stereocenters. The molecule has 18 heavy (non-hydrogen) atoms. The van der Waals surface area contributed by atoms with Gasteiger partial charge in [0.1, 0.15) is 6.61 Å². The normalized spacial score (nSPS) is 16.9. The number of rotatable bonds is 7. The van der Waals surface area contributed by atoms with E-state index in [2.05, 4.69) is 20.7 Å². The molecule has 6 nitrogen and oxygen atoms in total. The zero-order valence-corrected chi connectivity index (χ0v) is 13.3. The summed E-state index contributed by atoms with van der Waals surface area (Å²) in [4.78, 5) is 31.9. The quantitative estimate of drug-likeness (QED) is 0.196. The van der Waals surface area contributed by atoms with Gasteiger partial charge in [-0.25, -0.2) is 4.39 Å². The van der Waals surface area contributed by atoms with Crippen LogP contribution < -0.4 is 0 Å². The first-order valence-corrected chi connectivity index (χ1v) is 6.52. The third-order valence-electron chi connectivity index (χ3n) is 1.60. The monoisotopic (exact) mass is 440 g/mol. The van der Waals surface area contributed by atoms with Crippen molar-refractivity contribution in [2.45, 2.75) is 28.6 Å². The topological polar surface area (TPSA) is 78.9 Å². The maximum absolute atomic E-state index is 13.8. The summed E-state index contributed by atoms with van der Waals surface area (Å²) in [6.45, 7) is 1.86. The molecule has 0 saturated carbocycles. The van der Waals surface area contributed by atoms with Crippen LogP contribution in [0.1, 0.15) is 13.8 Å². The van der Waals surface area contributed by atoms with Crippen molar-refractivity contribution < 1.29 is 33.0 Å². The molecule has 0 radical (unpaired) electrons. The second-order valence-electron chi connectivity index (χ2n) is 3.15. The molecular weight excluding hydrogens is 430 g/mol. The average Bonchev–Trinajstić information content (AvgIpc) is 2.18. The number of hydrogen-bond donors (Lipinski definition) is 0. The molecule has 0 aliphatic rings. The van der Waals surface area contributed by atoms with Crippen molar-refractivity contribution >= 4 is 56.9 Å². The molecule has 0 fully saturated rings. The summed E-state index contributed by atoms with van der Waals surface area (Å²) >= 11 is 3.99. The number of esters is 2. The summed E-state index contributed by atoms with van der Waals surface area (Å²) in [5.41, 5.74) is 0. The zero-order chi connectivity index (χ0) is 14.3. The van der Waals surface area contributed by atoms with Gasteiger partial charge >= 0.3 is 11.9 Å². The second-order valence-corrected chi connectivity index (χ2v) is 7.36. The lowest BCUT2D eigenvalue weighted by molar-refractivity contribution is -0.173. The van der Waals surface area contributed by atoms with Crippen LogP contribution in [-0.4, -0.2) is 39.8 Å². The van der Waals surface area contributed by atoms with Crippen molar-refractivity contribution in [1.29, 1.82) is 0 Å². The zero-order valence-electron chi connectivity index (χ0n) is 9.52. The number of halogens is 3. The minimum absolute atomic E-state index is 0.114. The molecule has 0 heterocycles. The lowest BCUT2D eigenvalue weighted by Gasteiger charge is -2.29. The van der Waals surface area contributed by atoms with E-state index in [1.807, 2.05) is 0 Å². The molecule has 0 spiro atoms. The molecule has 0 aromatic heterocycles. The van der Waals surface area contributed by atoms with Gasteiger partial charge in [0, 0.05) is 13.8 Å². The Morgan fingerprint density at radius 3 is 2.22 bits per heavy atom. The molecule has 3 atom stereocenters. The molecule has 0 N–H and O–H groups in total. The third-order valence-corrected chi connectivity index (χ3v) is 2.66. The Bertz CT molecular complexity index is 319. The van der Waals surface area contributed by atoms with E-state index in [9.17, 15) is 18.8 Å². The summed E-state index contributed by atoms with van der Waals surface area (Å²) in [6, 6.07) is 0. The first kappa shape index (κ1) is 17.6. The van der Waals surface area contributed by atoms with Crippen molar-refractivity contribution in [2.24, 2.45) is 0 Å². The minimum Gasteiger partial charge on any atom is -0.464 e. The van der Waals surface area contributed by atoms with Crippen LogP contribution in [0, 0.1) is 0 Å². The van der Waals surface area contributed by atoms with Gasteiger partial charge in [-0.1, -0.05) is 0 Å². The average molecular weight is 441 g/mol. The Hall–Kier alpha value is -0.450. The maximum Gasteiger partial charge on any atom is 0.303 e. The van der Waals surface area contributed by atoms with Crippen molar-refractivity contribution in [3.63, 3.8) is 0 Å². The molecule has 0 aromatic carbocycles. The molecule has 0 saturated heterocycles. The molecule has 0 rings (SSSR count). The largest absolute Gasteiger partial charge is 0.464 e. The Morgan fingerprint density at radius 2 is 1.89 bits per heavy atom. The number of hydrogen-bond acceptors (Lipinski definition) is 6. The van der Waals surface area contributed by atoms with Crippen LogP contribution in [0.25, 0.3) is 0 Å². The molecule has 9 heteroatoms. The van der Waals surface area contributed by atoms with Crippen LogP contribution in [0.5, 0.6) is 0 Å². The predicted octanol–water partition coefficient (Wildman–Crippen LogP) is 1.48. The molecule has 0 amide bonds. The lowest BCUT2D eigenvalue weighted by Crippen LogP contribution is -2.45. The second kappa shape index (κ2) is 7.87. The van der Waals surface area contributed by atoms with Gasteiger partial charge < -0.3 is 14.2 Å². The van der Waals surface area contributed by atoms with Gasteiger partial charge in [-0.2, -0.15) is 0 Å². The van der Waals surface area contributed by atoms with Crippen LogP contribution in [0.3, 0.4) is 0 Å². The molecule has 0 aliphatic heterocycles. The fourth-order valence-corrected chi connectivity index (χ4v) is 1.98. The van der Waals surface area contributed by atoms with Gasteiger partial charge in [0.25, 0.3) is 9.06 Å². The van der Waals surface area contributed by atoms with E-state index >= 15 is 0 Å². The molecule has 104 valence electrons. The van der Waals surface area contributed by atoms with Crippen LogP contribution in [0.4, 0.5) is 4.39 Å². The van der Waals surface area contributed by atoms with E-state index in [1.165, 1.54) is 22.6 Å². The standard InChI is InChI=1S/C9H11BrFIO6/c1-5(14)17-7(3-16-4-13)8(9(10,11)12)18-6(2)15/h4,7-8H,3H2,1-2H3/t7-,8-,9?/m0/s1. The van der Waals surface area contributed by atoms with Gasteiger partial charge in [0.15, 0.2) is 12.2 Å². The third kappa shape index (κ3) is 7.09. The summed E-state index contributed by atoms with van der Waals surface area (Å²) < 4.78 is 25.6. The molecule has 0 aromatic rings. The van der Waals surface area contributed by atoms with Crippen LogP contribution in [0.2, 0.25) is 0 Å². The van der Waals surface area contributed by atoms with Crippen molar-refractivity contribution in [2.75, 3.05) is 6.61 Å². The number of carbonyl (C=O) groups is 3. The smallest absolute Gasteiger partial charge is 0.303 e. The van der Waals surface area contributed by atoms with E-state index in [0.717, 1.165) is 13.8 Å². The first-order valence-electron chi connectivity index (χ1n) is 4.65. The highest BCUT2D eigenvalue weighted by Crippen LogP contribution is 2.37. The summed E-state index contributed by atoms with van der Waals surface area (Å²) in [5, 5.41) is 0. The first-order chi connectivity index (χ1) is 8.18.